The van der Waals surface area contributed by atoms with E-state index in [0.717, 1.165) is 9.86 Å². The number of methoxy groups -OCH3 is 1. The molecule has 0 unspecified atom stereocenters. The second-order valence-electron chi connectivity index (χ2n) is 4.91. The highest BCUT2D eigenvalue weighted by Crippen LogP contribution is 2.28. The highest BCUT2D eigenvalue weighted by molar-refractivity contribution is 9.10. The van der Waals surface area contributed by atoms with Gasteiger partial charge >= 0.3 is 5.97 Å². The molecule has 7 heteroatoms. The van der Waals surface area contributed by atoms with Gasteiger partial charge in [0, 0.05) is 5.39 Å². The van der Waals surface area contributed by atoms with Gasteiger partial charge in [-0.15, -0.1) is 0 Å². The van der Waals surface area contributed by atoms with Crippen molar-refractivity contribution in [3.8, 4) is 0 Å². The fourth-order valence-corrected chi connectivity index (χ4v) is 2.82. The lowest BCUT2D eigenvalue weighted by Gasteiger charge is -2.07. The lowest BCUT2D eigenvalue weighted by Crippen LogP contribution is -2.12. The van der Waals surface area contributed by atoms with Crippen molar-refractivity contribution < 1.29 is 18.7 Å². The number of anilines is 1. The number of esters is 1. The minimum Gasteiger partial charge on any atom is -0.465 e. The monoisotopic (exact) mass is 407 g/mol. The van der Waals surface area contributed by atoms with E-state index in [2.05, 4.69) is 26.0 Å². The van der Waals surface area contributed by atoms with Crippen molar-refractivity contribution >= 4 is 56.1 Å². The molecule has 0 aliphatic carbocycles. The lowest BCUT2D eigenvalue weighted by molar-refractivity contribution is 0.0600. The van der Waals surface area contributed by atoms with Crippen LogP contribution >= 0.6 is 27.5 Å². The summed E-state index contributed by atoms with van der Waals surface area (Å²) in [5.41, 5.74) is 1.16. The summed E-state index contributed by atoms with van der Waals surface area (Å²) < 4.78 is 11.0. The number of carbonyl (C=O) groups is 2. The van der Waals surface area contributed by atoms with Gasteiger partial charge in [0.15, 0.2) is 5.76 Å². The molecule has 0 fully saturated rings. The molecule has 1 amide bonds. The minimum atomic E-state index is -0.519. The molecule has 3 aromatic rings. The van der Waals surface area contributed by atoms with E-state index < -0.39 is 11.9 Å². The summed E-state index contributed by atoms with van der Waals surface area (Å²) >= 11 is 9.45. The molecule has 0 aliphatic heterocycles. The first kappa shape index (κ1) is 16.5. The fourth-order valence-electron chi connectivity index (χ4n) is 2.19. The standard InChI is InChI=1S/C17H11BrClNO4/c1-23-17(22)10-5-6-12(19)13(7-10)20-16(21)14-8-9-3-2-4-11(18)15(9)24-14/h2-8H,1H3,(H,20,21). The van der Waals surface area contributed by atoms with E-state index in [4.69, 9.17) is 16.0 Å². The maximum atomic E-state index is 12.4. The zero-order valence-electron chi connectivity index (χ0n) is 12.4. The second-order valence-corrected chi connectivity index (χ2v) is 6.17. The van der Waals surface area contributed by atoms with Crippen LogP contribution in [0.5, 0.6) is 0 Å². The highest BCUT2D eigenvalue weighted by atomic mass is 79.9. The van der Waals surface area contributed by atoms with Gasteiger partial charge in [-0.05, 0) is 46.3 Å². The molecule has 0 saturated carbocycles. The minimum absolute atomic E-state index is 0.136. The maximum absolute atomic E-state index is 12.4. The molecule has 1 heterocycles. The van der Waals surface area contributed by atoms with Crippen LogP contribution in [-0.2, 0) is 4.74 Å². The number of fused-ring (bicyclic) bond motifs is 1. The Morgan fingerprint density at radius 2 is 2.00 bits per heavy atom. The van der Waals surface area contributed by atoms with E-state index >= 15 is 0 Å². The topological polar surface area (TPSA) is 68.5 Å². The molecule has 24 heavy (non-hydrogen) atoms. The molecule has 2 aromatic carbocycles. The fraction of sp³-hybridized carbons (Fsp3) is 0.0588. The molecule has 0 saturated heterocycles. The molecule has 122 valence electrons. The highest BCUT2D eigenvalue weighted by Gasteiger charge is 2.16. The predicted molar refractivity (Wildman–Crippen MR) is 94.7 cm³/mol. The normalized spacial score (nSPS) is 10.6. The van der Waals surface area contributed by atoms with E-state index in [1.807, 2.05) is 18.2 Å². The molecule has 1 aromatic heterocycles. The van der Waals surface area contributed by atoms with Crippen molar-refractivity contribution in [2.45, 2.75) is 0 Å². The molecule has 3 rings (SSSR count). The van der Waals surface area contributed by atoms with Crippen molar-refractivity contribution in [3.05, 3.63) is 63.3 Å². The van der Waals surface area contributed by atoms with Crippen molar-refractivity contribution in [2.75, 3.05) is 12.4 Å². The van der Waals surface area contributed by atoms with E-state index in [1.54, 1.807) is 6.07 Å². The number of hydrogen-bond donors (Lipinski definition) is 1. The average molecular weight is 409 g/mol. The van der Waals surface area contributed by atoms with Gasteiger partial charge in [0.05, 0.1) is 27.9 Å². The third kappa shape index (κ3) is 3.16. The van der Waals surface area contributed by atoms with E-state index in [9.17, 15) is 9.59 Å². The number of carbonyl (C=O) groups excluding carboxylic acids is 2. The van der Waals surface area contributed by atoms with Crippen LogP contribution in [0.15, 0.2) is 51.4 Å². The Kier molecular flexibility index (Phi) is 4.59. The molecule has 0 atom stereocenters. The zero-order chi connectivity index (χ0) is 17.3. The van der Waals surface area contributed by atoms with Crippen molar-refractivity contribution in [3.63, 3.8) is 0 Å². The summed E-state index contributed by atoms with van der Waals surface area (Å²) in [6.07, 6.45) is 0. The number of furan rings is 1. The first-order chi connectivity index (χ1) is 11.5. The van der Waals surface area contributed by atoms with Crippen LogP contribution in [0.1, 0.15) is 20.9 Å². The number of hydrogen-bond acceptors (Lipinski definition) is 4. The summed E-state index contributed by atoms with van der Waals surface area (Å²) in [5, 5.41) is 3.73. The number of ether oxygens (including phenoxy) is 1. The van der Waals surface area contributed by atoms with Gasteiger partial charge in [-0.25, -0.2) is 4.79 Å². The number of nitrogens with one attached hydrogen (secondary N) is 1. The molecular formula is C17H11BrClNO4. The van der Waals surface area contributed by atoms with Crippen LogP contribution < -0.4 is 5.32 Å². The first-order valence-electron chi connectivity index (χ1n) is 6.87. The van der Waals surface area contributed by atoms with Gasteiger partial charge in [0.2, 0.25) is 0 Å². The second kappa shape index (κ2) is 6.67. The number of rotatable bonds is 3. The van der Waals surface area contributed by atoms with Crippen LogP contribution in [0.2, 0.25) is 5.02 Å². The van der Waals surface area contributed by atoms with Crippen LogP contribution in [0.4, 0.5) is 5.69 Å². The van der Waals surface area contributed by atoms with Gasteiger partial charge in [0.25, 0.3) is 5.91 Å². The van der Waals surface area contributed by atoms with Gasteiger partial charge in [-0.1, -0.05) is 23.7 Å². The lowest BCUT2D eigenvalue weighted by atomic mass is 10.2. The van der Waals surface area contributed by atoms with Crippen molar-refractivity contribution in [1.82, 2.24) is 0 Å². The largest absolute Gasteiger partial charge is 0.465 e. The predicted octanol–water partition coefficient (Wildman–Crippen LogP) is 4.89. The Hall–Kier alpha value is -2.31. The van der Waals surface area contributed by atoms with Crippen molar-refractivity contribution in [1.29, 1.82) is 0 Å². The zero-order valence-corrected chi connectivity index (χ0v) is 14.8. The Bertz CT molecular complexity index is 951. The Balaban J connectivity index is 1.91. The van der Waals surface area contributed by atoms with Gasteiger partial charge < -0.3 is 14.5 Å². The summed E-state index contributed by atoms with van der Waals surface area (Å²) in [6, 6.07) is 11.6. The van der Waals surface area contributed by atoms with E-state index in [0.29, 0.717) is 16.3 Å². The Morgan fingerprint density at radius 1 is 1.21 bits per heavy atom. The van der Waals surface area contributed by atoms with Crippen LogP contribution in [0.25, 0.3) is 11.0 Å². The molecule has 0 aliphatic rings. The Labute approximate surface area is 150 Å². The average Bonchev–Trinajstić information content (AvgIpc) is 3.02. The summed E-state index contributed by atoms with van der Waals surface area (Å²) in [5.74, 6) is -0.853. The third-order valence-corrected chi connectivity index (χ3v) is 4.31. The molecule has 0 radical (unpaired) electrons. The summed E-state index contributed by atoms with van der Waals surface area (Å²) in [6.45, 7) is 0. The van der Waals surface area contributed by atoms with Crippen molar-refractivity contribution in [2.24, 2.45) is 0 Å². The molecule has 0 bridgehead atoms. The van der Waals surface area contributed by atoms with Gasteiger partial charge in [-0.2, -0.15) is 0 Å². The molecule has 5 nitrogen and oxygen atoms in total. The molecule has 1 N–H and O–H groups in total. The SMILES string of the molecule is COC(=O)c1ccc(Cl)c(NC(=O)c2cc3cccc(Br)c3o2)c1. The number of halogens is 2. The van der Waals surface area contributed by atoms with Crippen LogP contribution in [0.3, 0.4) is 0 Å². The molecule has 0 spiro atoms. The molecular weight excluding hydrogens is 398 g/mol. The van der Waals surface area contributed by atoms with Gasteiger partial charge in [0.1, 0.15) is 5.58 Å². The van der Waals surface area contributed by atoms with Gasteiger partial charge in [-0.3, -0.25) is 4.79 Å². The summed E-state index contributed by atoms with van der Waals surface area (Å²) in [7, 11) is 1.28. The smallest absolute Gasteiger partial charge is 0.337 e. The maximum Gasteiger partial charge on any atom is 0.337 e. The third-order valence-electron chi connectivity index (χ3n) is 3.36. The summed E-state index contributed by atoms with van der Waals surface area (Å²) in [4.78, 5) is 24.0. The van der Waals surface area contributed by atoms with E-state index in [-0.39, 0.29) is 11.3 Å². The van der Waals surface area contributed by atoms with Crippen LogP contribution in [0, 0.1) is 0 Å². The van der Waals surface area contributed by atoms with Crippen LogP contribution in [-0.4, -0.2) is 19.0 Å². The quantitative estimate of drug-likeness (QED) is 0.627. The first-order valence-corrected chi connectivity index (χ1v) is 8.04. The Morgan fingerprint density at radius 3 is 2.71 bits per heavy atom. The number of benzene rings is 2. The van der Waals surface area contributed by atoms with E-state index in [1.165, 1.54) is 25.3 Å². The number of para-hydroxylation sites is 1. The number of amides is 1.